The number of benzene rings is 2. The molecule has 0 saturated carbocycles. The number of hydrogen-bond donors (Lipinski definition) is 1. The lowest BCUT2D eigenvalue weighted by Crippen LogP contribution is -2.26. The smallest absolute Gasteiger partial charge is 0.0406 e. The Hall–Kier alpha value is -1.47. The molecule has 3 rings (SSSR count). The van der Waals surface area contributed by atoms with Crippen LogP contribution >= 0.6 is 11.6 Å². The number of nitrogens with one attached hydrogen (secondary N) is 1. The molecule has 1 unspecified atom stereocenters. The lowest BCUT2D eigenvalue weighted by Gasteiger charge is -2.29. The highest BCUT2D eigenvalue weighted by atomic mass is 35.5. The Morgan fingerprint density at radius 3 is 2.50 bits per heavy atom. The molecule has 0 aliphatic carbocycles. The summed E-state index contributed by atoms with van der Waals surface area (Å²) in [5.41, 5.74) is 6.98. The summed E-state index contributed by atoms with van der Waals surface area (Å²) >= 11 is 5.95. The van der Waals surface area contributed by atoms with Crippen molar-refractivity contribution >= 4 is 17.3 Å². The largest absolute Gasteiger partial charge is 0.384 e. The van der Waals surface area contributed by atoms with Gasteiger partial charge in [-0.3, -0.25) is 0 Å². The van der Waals surface area contributed by atoms with E-state index in [4.69, 9.17) is 11.6 Å². The second kappa shape index (κ2) is 5.49. The van der Waals surface area contributed by atoms with Crippen molar-refractivity contribution in [2.45, 2.75) is 26.7 Å². The summed E-state index contributed by atoms with van der Waals surface area (Å²) in [6.45, 7) is 5.45. The Balaban J connectivity index is 1.78. The molecule has 0 saturated heterocycles. The Labute approximate surface area is 126 Å². The minimum absolute atomic E-state index is 0.657. The number of hydrogen-bond acceptors (Lipinski definition) is 1. The van der Waals surface area contributed by atoms with Crippen LogP contribution < -0.4 is 5.32 Å². The fourth-order valence-electron chi connectivity index (χ4n) is 3.08. The van der Waals surface area contributed by atoms with Crippen LogP contribution in [0.5, 0.6) is 0 Å². The minimum atomic E-state index is 0.657. The van der Waals surface area contributed by atoms with Gasteiger partial charge in [0.2, 0.25) is 0 Å². The molecule has 0 aromatic heterocycles. The molecule has 1 N–H and O–H groups in total. The van der Waals surface area contributed by atoms with E-state index in [9.17, 15) is 0 Å². The maximum atomic E-state index is 5.95. The number of halogens is 1. The van der Waals surface area contributed by atoms with Gasteiger partial charge in [-0.2, -0.15) is 0 Å². The van der Waals surface area contributed by atoms with Gasteiger partial charge in [0.05, 0.1) is 0 Å². The van der Waals surface area contributed by atoms with E-state index in [1.807, 2.05) is 12.1 Å². The first-order valence-electron chi connectivity index (χ1n) is 7.21. The van der Waals surface area contributed by atoms with Crippen molar-refractivity contribution in [2.75, 3.05) is 11.9 Å². The highest BCUT2D eigenvalue weighted by Crippen LogP contribution is 2.31. The Morgan fingerprint density at radius 1 is 1.05 bits per heavy atom. The van der Waals surface area contributed by atoms with Gasteiger partial charge < -0.3 is 5.32 Å². The van der Waals surface area contributed by atoms with Crippen LogP contribution in [0.15, 0.2) is 36.4 Å². The van der Waals surface area contributed by atoms with Crippen LogP contribution in [0.1, 0.15) is 22.3 Å². The highest BCUT2D eigenvalue weighted by molar-refractivity contribution is 6.30. The topological polar surface area (TPSA) is 12.0 Å². The molecule has 104 valence electrons. The second-order valence-corrected chi connectivity index (χ2v) is 6.27. The maximum Gasteiger partial charge on any atom is 0.0406 e. The molecule has 1 aliphatic heterocycles. The second-order valence-electron chi connectivity index (χ2n) is 5.83. The third-order valence-corrected chi connectivity index (χ3v) is 4.51. The van der Waals surface area contributed by atoms with E-state index in [1.165, 1.54) is 34.4 Å². The van der Waals surface area contributed by atoms with E-state index < -0.39 is 0 Å². The van der Waals surface area contributed by atoms with Crippen LogP contribution in [0.4, 0.5) is 5.69 Å². The van der Waals surface area contributed by atoms with Crippen molar-refractivity contribution in [3.8, 4) is 0 Å². The van der Waals surface area contributed by atoms with Crippen molar-refractivity contribution in [3.63, 3.8) is 0 Å². The van der Waals surface area contributed by atoms with E-state index in [0.29, 0.717) is 5.92 Å². The molecule has 0 bridgehead atoms. The van der Waals surface area contributed by atoms with Crippen LogP contribution in [0, 0.1) is 19.8 Å². The molecule has 1 nitrogen and oxygen atoms in total. The minimum Gasteiger partial charge on any atom is -0.384 e. The van der Waals surface area contributed by atoms with Crippen LogP contribution in [-0.2, 0) is 12.8 Å². The van der Waals surface area contributed by atoms with Crippen molar-refractivity contribution in [2.24, 2.45) is 5.92 Å². The Morgan fingerprint density at radius 2 is 1.75 bits per heavy atom. The maximum absolute atomic E-state index is 5.95. The zero-order chi connectivity index (χ0) is 14.1. The molecule has 0 fully saturated rings. The van der Waals surface area contributed by atoms with Gasteiger partial charge in [0, 0.05) is 17.3 Å². The monoisotopic (exact) mass is 285 g/mol. The molecule has 0 radical (unpaired) electrons. The number of aryl methyl sites for hydroxylation is 2. The van der Waals surface area contributed by atoms with Gasteiger partial charge >= 0.3 is 0 Å². The average molecular weight is 286 g/mol. The predicted molar refractivity (Wildman–Crippen MR) is 86.8 cm³/mol. The summed E-state index contributed by atoms with van der Waals surface area (Å²) in [6.07, 6.45) is 2.27. The van der Waals surface area contributed by atoms with Gasteiger partial charge in [0.15, 0.2) is 0 Å². The van der Waals surface area contributed by atoms with Crippen LogP contribution in [-0.4, -0.2) is 6.54 Å². The van der Waals surface area contributed by atoms with E-state index in [1.54, 1.807) is 0 Å². The average Bonchev–Trinajstić information content (AvgIpc) is 2.46. The molecule has 20 heavy (non-hydrogen) atoms. The van der Waals surface area contributed by atoms with E-state index in [0.717, 1.165) is 18.0 Å². The lowest BCUT2D eigenvalue weighted by molar-refractivity contribution is 0.533. The molecule has 2 aromatic rings. The van der Waals surface area contributed by atoms with E-state index in [-0.39, 0.29) is 0 Å². The van der Waals surface area contributed by atoms with Crippen molar-refractivity contribution in [1.29, 1.82) is 0 Å². The van der Waals surface area contributed by atoms with Gasteiger partial charge in [-0.15, -0.1) is 0 Å². The first kappa shape index (κ1) is 13.5. The number of rotatable bonds is 2. The van der Waals surface area contributed by atoms with Gasteiger partial charge in [-0.1, -0.05) is 35.9 Å². The normalized spacial score (nSPS) is 17.4. The zero-order valence-corrected chi connectivity index (χ0v) is 12.8. The molecular formula is C18H20ClN. The first-order chi connectivity index (χ1) is 9.63. The summed E-state index contributed by atoms with van der Waals surface area (Å²) in [5, 5.41) is 4.44. The van der Waals surface area contributed by atoms with Crippen molar-refractivity contribution < 1.29 is 0 Å². The Kier molecular flexibility index (Phi) is 3.71. The lowest BCUT2D eigenvalue weighted by atomic mass is 9.86. The van der Waals surface area contributed by atoms with E-state index >= 15 is 0 Å². The van der Waals surface area contributed by atoms with Crippen molar-refractivity contribution in [1.82, 2.24) is 0 Å². The molecule has 0 spiro atoms. The van der Waals surface area contributed by atoms with Gasteiger partial charge in [-0.05, 0) is 67.0 Å². The predicted octanol–water partition coefficient (Wildman–Crippen LogP) is 4.78. The SMILES string of the molecule is Cc1ccc(C)c2c1CC(Cc1ccc(Cl)cc1)CN2. The van der Waals surface area contributed by atoms with Gasteiger partial charge in [0.25, 0.3) is 0 Å². The van der Waals surface area contributed by atoms with E-state index in [2.05, 4.69) is 43.4 Å². The molecule has 1 atom stereocenters. The molecule has 0 amide bonds. The molecule has 2 aromatic carbocycles. The standard InChI is InChI=1S/C18H20ClN/c1-12-3-4-13(2)18-17(12)10-15(11-20-18)9-14-5-7-16(19)8-6-14/h3-8,15,20H,9-11H2,1-2H3. The van der Waals surface area contributed by atoms with Gasteiger partial charge in [-0.25, -0.2) is 0 Å². The fraction of sp³-hybridized carbons (Fsp3) is 0.333. The third kappa shape index (κ3) is 2.69. The van der Waals surface area contributed by atoms with Gasteiger partial charge in [0.1, 0.15) is 0 Å². The summed E-state index contributed by atoms with van der Waals surface area (Å²) in [4.78, 5) is 0. The molecule has 1 heterocycles. The van der Waals surface area contributed by atoms with Crippen LogP contribution in [0.2, 0.25) is 5.02 Å². The van der Waals surface area contributed by atoms with Crippen LogP contribution in [0.3, 0.4) is 0 Å². The van der Waals surface area contributed by atoms with Crippen LogP contribution in [0.25, 0.3) is 0 Å². The van der Waals surface area contributed by atoms with Crippen molar-refractivity contribution in [3.05, 3.63) is 63.7 Å². The Bertz CT molecular complexity index is 616. The quantitative estimate of drug-likeness (QED) is 0.837. The third-order valence-electron chi connectivity index (χ3n) is 4.25. The zero-order valence-electron chi connectivity index (χ0n) is 12.0. The highest BCUT2D eigenvalue weighted by Gasteiger charge is 2.21. The molecular weight excluding hydrogens is 266 g/mol. The summed E-state index contributed by atoms with van der Waals surface area (Å²) in [7, 11) is 0. The number of anilines is 1. The summed E-state index contributed by atoms with van der Waals surface area (Å²) in [6, 6.07) is 12.7. The fourth-order valence-corrected chi connectivity index (χ4v) is 3.21. The molecule has 2 heteroatoms. The molecule has 1 aliphatic rings. The summed E-state index contributed by atoms with van der Waals surface area (Å²) < 4.78 is 0. The number of fused-ring (bicyclic) bond motifs is 1. The summed E-state index contributed by atoms with van der Waals surface area (Å²) in [5.74, 6) is 0.657. The first-order valence-corrected chi connectivity index (χ1v) is 7.58.